The van der Waals surface area contributed by atoms with Crippen molar-refractivity contribution in [3.05, 3.63) is 58.6 Å². The van der Waals surface area contributed by atoms with Gasteiger partial charge in [0.2, 0.25) is 11.8 Å². The van der Waals surface area contributed by atoms with E-state index in [4.69, 9.17) is 21.1 Å². The van der Waals surface area contributed by atoms with Crippen LogP contribution in [-0.2, 0) is 19.1 Å². The van der Waals surface area contributed by atoms with Gasteiger partial charge in [-0.05, 0) is 68.1 Å². The van der Waals surface area contributed by atoms with Crippen LogP contribution < -0.4 is 10.2 Å². The molecular formula is C26H30ClN3O5. The van der Waals surface area contributed by atoms with Crippen LogP contribution in [0.1, 0.15) is 24.0 Å². The van der Waals surface area contributed by atoms with E-state index in [1.165, 1.54) is 4.90 Å². The minimum absolute atomic E-state index is 0.203. The van der Waals surface area contributed by atoms with Gasteiger partial charge >= 0.3 is 6.03 Å². The number of methoxy groups -OCH3 is 2. The molecule has 4 atom stereocenters. The highest BCUT2D eigenvalue weighted by atomic mass is 35.5. The number of halogens is 1. The number of hydrogen-bond acceptors (Lipinski definition) is 5. The number of aryl methyl sites for hydroxylation is 2. The van der Waals surface area contributed by atoms with Crippen molar-refractivity contribution in [2.24, 2.45) is 5.92 Å². The third-order valence-electron chi connectivity index (χ3n) is 6.99. The van der Waals surface area contributed by atoms with Crippen LogP contribution in [0.4, 0.5) is 16.2 Å². The lowest BCUT2D eigenvalue weighted by molar-refractivity contribution is -0.139. The fourth-order valence-corrected chi connectivity index (χ4v) is 5.15. The molecule has 2 aliphatic rings. The number of fused-ring (bicyclic) bond motifs is 1. The van der Waals surface area contributed by atoms with Crippen LogP contribution in [0.25, 0.3) is 0 Å². The van der Waals surface area contributed by atoms with Crippen LogP contribution in [0, 0.1) is 19.8 Å². The Morgan fingerprint density at radius 1 is 1.03 bits per heavy atom. The first-order valence-corrected chi connectivity index (χ1v) is 11.9. The van der Waals surface area contributed by atoms with E-state index < -0.39 is 18.0 Å². The van der Waals surface area contributed by atoms with Crippen molar-refractivity contribution in [2.45, 2.75) is 44.9 Å². The highest BCUT2D eigenvalue weighted by molar-refractivity contribution is 6.31. The Morgan fingerprint density at radius 3 is 2.40 bits per heavy atom. The van der Waals surface area contributed by atoms with E-state index in [-0.39, 0.29) is 30.6 Å². The highest BCUT2D eigenvalue weighted by Gasteiger charge is 2.52. The van der Waals surface area contributed by atoms with Gasteiger partial charge in [0, 0.05) is 31.0 Å². The van der Waals surface area contributed by atoms with Crippen molar-refractivity contribution < 1.29 is 23.9 Å². The molecule has 1 saturated heterocycles. The van der Waals surface area contributed by atoms with Gasteiger partial charge in [-0.2, -0.15) is 0 Å². The van der Waals surface area contributed by atoms with Crippen molar-refractivity contribution in [1.29, 1.82) is 0 Å². The number of hydrogen-bond donors (Lipinski definition) is 1. The van der Waals surface area contributed by atoms with Crippen LogP contribution in [0.2, 0.25) is 5.02 Å². The fourth-order valence-electron chi connectivity index (χ4n) is 4.96. The number of amides is 4. The molecule has 0 radical (unpaired) electrons. The van der Waals surface area contributed by atoms with Gasteiger partial charge < -0.3 is 19.7 Å². The molecule has 4 rings (SSSR count). The second-order valence-corrected chi connectivity index (χ2v) is 9.54. The van der Waals surface area contributed by atoms with Crippen LogP contribution in [0.5, 0.6) is 0 Å². The lowest BCUT2D eigenvalue weighted by atomic mass is 9.78. The van der Waals surface area contributed by atoms with E-state index in [0.717, 1.165) is 16.0 Å². The molecule has 1 saturated carbocycles. The SMILES string of the molecule is COC1CC2C(=O)N(c3cccc(Cl)c3)C(=O)N(CC(=O)Nc3ccc(C)c(C)c3)C2CC1OC. The van der Waals surface area contributed by atoms with Gasteiger partial charge in [-0.3, -0.25) is 9.59 Å². The van der Waals surface area contributed by atoms with Crippen LogP contribution in [-0.4, -0.2) is 61.8 Å². The smallest absolute Gasteiger partial charge is 0.332 e. The number of imide groups is 1. The average molecular weight is 500 g/mol. The molecule has 4 amide bonds. The maximum absolute atomic E-state index is 13.7. The molecule has 2 aromatic carbocycles. The zero-order valence-electron chi connectivity index (χ0n) is 20.3. The Morgan fingerprint density at radius 2 is 1.74 bits per heavy atom. The summed E-state index contributed by atoms with van der Waals surface area (Å²) in [7, 11) is 3.16. The second kappa shape index (κ2) is 10.4. The van der Waals surface area contributed by atoms with E-state index in [9.17, 15) is 14.4 Å². The number of nitrogens with one attached hydrogen (secondary N) is 1. The quantitative estimate of drug-likeness (QED) is 0.644. The number of rotatable bonds is 6. The van der Waals surface area contributed by atoms with Gasteiger partial charge in [-0.15, -0.1) is 0 Å². The van der Waals surface area contributed by atoms with Crippen molar-refractivity contribution in [3.8, 4) is 0 Å². The standard InChI is InChI=1S/C26H30ClN3O5/c1-15-8-9-18(10-16(15)2)28-24(31)14-29-21-13-23(35-4)22(34-3)12-20(21)25(32)30(26(29)33)19-7-5-6-17(27)11-19/h5-11,20-23H,12-14H2,1-4H3,(H,28,31). The van der Waals surface area contributed by atoms with E-state index in [1.54, 1.807) is 38.5 Å². The number of benzene rings is 2. The molecule has 1 aliphatic heterocycles. The first-order valence-electron chi connectivity index (χ1n) is 11.6. The number of anilines is 2. The van der Waals surface area contributed by atoms with E-state index in [0.29, 0.717) is 29.2 Å². The predicted molar refractivity (Wildman–Crippen MR) is 134 cm³/mol. The first-order chi connectivity index (χ1) is 16.7. The average Bonchev–Trinajstić information content (AvgIpc) is 2.83. The normalized spacial score (nSPS) is 24.4. The maximum atomic E-state index is 13.7. The third kappa shape index (κ3) is 5.05. The molecule has 0 aromatic heterocycles. The fraction of sp³-hybridized carbons (Fsp3) is 0.423. The monoisotopic (exact) mass is 499 g/mol. The lowest BCUT2D eigenvalue weighted by Crippen LogP contribution is -2.66. The number of nitrogens with zero attached hydrogens (tertiary/aromatic N) is 2. The Labute approximate surface area is 210 Å². The Kier molecular flexibility index (Phi) is 7.44. The van der Waals surface area contributed by atoms with Crippen molar-refractivity contribution in [1.82, 2.24) is 4.90 Å². The topological polar surface area (TPSA) is 88.2 Å². The summed E-state index contributed by atoms with van der Waals surface area (Å²) < 4.78 is 11.2. The van der Waals surface area contributed by atoms with Crippen molar-refractivity contribution in [3.63, 3.8) is 0 Å². The van der Waals surface area contributed by atoms with Gasteiger partial charge in [-0.25, -0.2) is 9.69 Å². The summed E-state index contributed by atoms with van der Waals surface area (Å²) in [5, 5.41) is 3.28. The van der Waals surface area contributed by atoms with Crippen LogP contribution >= 0.6 is 11.6 Å². The van der Waals surface area contributed by atoms with Crippen LogP contribution in [0.3, 0.4) is 0 Å². The molecule has 2 fully saturated rings. The molecule has 1 heterocycles. The molecule has 186 valence electrons. The van der Waals surface area contributed by atoms with Gasteiger partial charge in [0.05, 0.1) is 23.8 Å². The molecule has 8 nitrogen and oxygen atoms in total. The van der Waals surface area contributed by atoms with Gasteiger partial charge in [0.25, 0.3) is 0 Å². The summed E-state index contributed by atoms with van der Waals surface area (Å²) in [6, 6.07) is 11.2. The molecule has 0 spiro atoms. The van der Waals surface area contributed by atoms with Gasteiger partial charge in [0.1, 0.15) is 6.54 Å². The predicted octanol–water partition coefficient (Wildman–Crippen LogP) is 4.17. The second-order valence-electron chi connectivity index (χ2n) is 9.10. The molecule has 9 heteroatoms. The highest BCUT2D eigenvalue weighted by Crippen LogP contribution is 2.38. The zero-order chi connectivity index (χ0) is 25.3. The number of ether oxygens (including phenoxy) is 2. The molecule has 35 heavy (non-hydrogen) atoms. The Bertz CT molecular complexity index is 1140. The molecule has 1 aliphatic carbocycles. The van der Waals surface area contributed by atoms with Crippen molar-refractivity contribution >= 4 is 40.8 Å². The number of urea groups is 1. The summed E-state index contributed by atoms with van der Waals surface area (Å²) in [6.45, 7) is 3.76. The molecule has 4 unspecified atom stereocenters. The summed E-state index contributed by atoms with van der Waals surface area (Å²) in [5.74, 6) is -1.22. The minimum atomic E-state index is -0.556. The Hall–Kier alpha value is -2.94. The molecule has 0 bridgehead atoms. The largest absolute Gasteiger partial charge is 0.379 e. The Balaban J connectivity index is 1.65. The summed E-state index contributed by atoms with van der Waals surface area (Å²) in [5.41, 5.74) is 3.19. The van der Waals surface area contributed by atoms with Crippen molar-refractivity contribution in [2.75, 3.05) is 31.0 Å². The molecule has 2 aromatic rings. The molecule has 1 N–H and O–H groups in total. The third-order valence-corrected chi connectivity index (χ3v) is 7.23. The number of carbonyl (C=O) groups excluding carboxylic acids is 3. The van der Waals surface area contributed by atoms with E-state index in [2.05, 4.69) is 5.32 Å². The molecular weight excluding hydrogens is 470 g/mol. The minimum Gasteiger partial charge on any atom is -0.379 e. The lowest BCUT2D eigenvalue weighted by Gasteiger charge is -2.49. The number of carbonyl (C=O) groups is 3. The van der Waals surface area contributed by atoms with E-state index in [1.807, 2.05) is 32.0 Å². The zero-order valence-corrected chi connectivity index (χ0v) is 21.0. The van der Waals surface area contributed by atoms with Gasteiger partial charge in [-0.1, -0.05) is 23.7 Å². The maximum Gasteiger partial charge on any atom is 0.332 e. The summed E-state index contributed by atoms with van der Waals surface area (Å²) in [6.07, 6.45) is 0.158. The van der Waals surface area contributed by atoms with Gasteiger partial charge in [0.15, 0.2) is 0 Å². The summed E-state index contributed by atoms with van der Waals surface area (Å²) >= 11 is 6.15. The van der Waals surface area contributed by atoms with Crippen LogP contribution in [0.15, 0.2) is 42.5 Å². The summed E-state index contributed by atoms with van der Waals surface area (Å²) in [4.78, 5) is 42.9. The van der Waals surface area contributed by atoms with E-state index >= 15 is 0 Å². The first kappa shape index (κ1) is 25.2.